The first-order valence-electron chi connectivity index (χ1n) is 5.53. The summed E-state index contributed by atoms with van der Waals surface area (Å²) < 4.78 is 6.55. The number of nitrogens with zero attached hydrogens (tertiary/aromatic N) is 2. The zero-order valence-corrected chi connectivity index (χ0v) is 11.5. The second-order valence-corrected chi connectivity index (χ2v) is 4.73. The van der Waals surface area contributed by atoms with Gasteiger partial charge < -0.3 is 9.84 Å². The maximum absolute atomic E-state index is 9.67. The van der Waals surface area contributed by atoms with E-state index in [1.165, 1.54) is 0 Å². The Morgan fingerprint density at radius 2 is 2.06 bits per heavy atom. The standard InChI is InChI=1S/C13H13BrN2O2/c1-9(17)11-4-3-10(14)7-12(11)18-8-13-15-5-2-6-16-13/h2-7,9,17H,8H2,1H3/t9-/m0/s1. The van der Waals surface area contributed by atoms with Gasteiger partial charge in [-0.05, 0) is 25.1 Å². The van der Waals surface area contributed by atoms with Gasteiger partial charge in [0.25, 0.3) is 0 Å². The molecular formula is C13H13BrN2O2. The van der Waals surface area contributed by atoms with E-state index in [-0.39, 0.29) is 6.61 Å². The van der Waals surface area contributed by atoms with E-state index in [1.807, 2.05) is 18.2 Å². The summed E-state index contributed by atoms with van der Waals surface area (Å²) in [6, 6.07) is 7.28. The summed E-state index contributed by atoms with van der Waals surface area (Å²) in [6.07, 6.45) is 2.76. The lowest BCUT2D eigenvalue weighted by atomic mass is 10.1. The minimum Gasteiger partial charge on any atom is -0.485 e. The normalized spacial score (nSPS) is 12.2. The molecule has 1 N–H and O–H groups in total. The van der Waals surface area contributed by atoms with Crippen molar-refractivity contribution >= 4 is 15.9 Å². The van der Waals surface area contributed by atoms with Crippen molar-refractivity contribution in [2.45, 2.75) is 19.6 Å². The van der Waals surface area contributed by atoms with Crippen molar-refractivity contribution < 1.29 is 9.84 Å². The van der Waals surface area contributed by atoms with Gasteiger partial charge in [-0.3, -0.25) is 0 Å². The van der Waals surface area contributed by atoms with Gasteiger partial charge in [-0.2, -0.15) is 0 Å². The molecule has 1 aromatic heterocycles. The smallest absolute Gasteiger partial charge is 0.166 e. The summed E-state index contributed by atoms with van der Waals surface area (Å²) in [4.78, 5) is 8.16. The Morgan fingerprint density at radius 1 is 1.33 bits per heavy atom. The average Bonchev–Trinajstić information content (AvgIpc) is 2.37. The van der Waals surface area contributed by atoms with Crippen LogP contribution >= 0.6 is 15.9 Å². The van der Waals surface area contributed by atoms with Crippen LogP contribution < -0.4 is 4.74 Å². The first kappa shape index (κ1) is 13.0. The van der Waals surface area contributed by atoms with Crippen molar-refractivity contribution in [2.75, 3.05) is 0 Å². The van der Waals surface area contributed by atoms with E-state index in [1.54, 1.807) is 25.4 Å². The summed E-state index contributed by atoms with van der Waals surface area (Å²) in [5.41, 5.74) is 0.745. The van der Waals surface area contributed by atoms with E-state index < -0.39 is 6.10 Å². The van der Waals surface area contributed by atoms with Crippen LogP contribution in [0.25, 0.3) is 0 Å². The molecule has 1 heterocycles. The summed E-state index contributed by atoms with van der Waals surface area (Å²) >= 11 is 3.38. The highest BCUT2D eigenvalue weighted by Crippen LogP contribution is 2.28. The molecule has 94 valence electrons. The fourth-order valence-electron chi connectivity index (χ4n) is 1.53. The molecule has 18 heavy (non-hydrogen) atoms. The van der Waals surface area contributed by atoms with Crippen molar-refractivity contribution in [3.8, 4) is 5.75 Å². The van der Waals surface area contributed by atoms with Crippen LogP contribution in [0.4, 0.5) is 0 Å². The average molecular weight is 309 g/mol. The molecule has 0 aliphatic carbocycles. The molecule has 0 aliphatic heterocycles. The van der Waals surface area contributed by atoms with Gasteiger partial charge in [-0.15, -0.1) is 0 Å². The summed E-state index contributed by atoms with van der Waals surface area (Å²) in [6.45, 7) is 1.98. The topological polar surface area (TPSA) is 55.2 Å². The number of ether oxygens (including phenoxy) is 1. The van der Waals surface area contributed by atoms with Crippen LogP contribution in [0.3, 0.4) is 0 Å². The van der Waals surface area contributed by atoms with Gasteiger partial charge in [0.1, 0.15) is 12.4 Å². The number of benzene rings is 1. The minimum atomic E-state index is -0.579. The lowest BCUT2D eigenvalue weighted by Gasteiger charge is -2.13. The largest absolute Gasteiger partial charge is 0.485 e. The summed E-state index contributed by atoms with van der Waals surface area (Å²) in [7, 11) is 0. The van der Waals surface area contributed by atoms with Crippen molar-refractivity contribution in [1.82, 2.24) is 9.97 Å². The summed E-state index contributed by atoms with van der Waals surface area (Å²) in [5, 5.41) is 9.67. The number of rotatable bonds is 4. The Bertz CT molecular complexity index is 518. The zero-order valence-electron chi connectivity index (χ0n) is 9.88. The highest BCUT2D eigenvalue weighted by molar-refractivity contribution is 9.10. The molecule has 0 saturated carbocycles. The monoisotopic (exact) mass is 308 g/mol. The van der Waals surface area contributed by atoms with E-state index in [9.17, 15) is 5.11 Å². The second-order valence-electron chi connectivity index (χ2n) is 3.81. The van der Waals surface area contributed by atoms with Gasteiger partial charge in [0, 0.05) is 22.4 Å². The van der Waals surface area contributed by atoms with E-state index in [0.29, 0.717) is 11.6 Å². The van der Waals surface area contributed by atoms with Crippen LogP contribution in [-0.4, -0.2) is 15.1 Å². The van der Waals surface area contributed by atoms with Crippen LogP contribution in [0.2, 0.25) is 0 Å². The highest BCUT2D eigenvalue weighted by atomic mass is 79.9. The van der Waals surface area contributed by atoms with Crippen LogP contribution in [0.5, 0.6) is 5.75 Å². The molecule has 0 saturated heterocycles. The number of hydrogen-bond acceptors (Lipinski definition) is 4. The first-order chi connectivity index (χ1) is 8.66. The second kappa shape index (κ2) is 5.93. The molecule has 2 rings (SSSR count). The molecule has 0 amide bonds. The predicted molar refractivity (Wildman–Crippen MR) is 71.1 cm³/mol. The Morgan fingerprint density at radius 3 is 2.72 bits per heavy atom. The van der Waals surface area contributed by atoms with E-state index in [0.717, 1.165) is 10.0 Å². The molecule has 2 aromatic rings. The van der Waals surface area contributed by atoms with Crippen LogP contribution in [-0.2, 0) is 6.61 Å². The fraction of sp³-hybridized carbons (Fsp3) is 0.231. The van der Waals surface area contributed by atoms with Crippen molar-refractivity contribution in [2.24, 2.45) is 0 Å². The molecule has 0 bridgehead atoms. The maximum Gasteiger partial charge on any atom is 0.166 e. The third-order valence-electron chi connectivity index (χ3n) is 2.40. The van der Waals surface area contributed by atoms with Crippen molar-refractivity contribution in [3.63, 3.8) is 0 Å². The molecule has 0 fully saturated rings. The molecule has 5 heteroatoms. The minimum absolute atomic E-state index is 0.275. The van der Waals surface area contributed by atoms with E-state index in [2.05, 4.69) is 25.9 Å². The van der Waals surface area contributed by atoms with Gasteiger partial charge in [-0.25, -0.2) is 9.97 Å². The molecule has 1 atom stereocenters. The van der Waals surface area contributed by atoms with Crippen LogP contribution in [0, 0.1) is 0 Å². The number of aliphatic hydroxyl groups is 1. The fourth-order valence-corrected chi connectivity index (χ4v) is 1.87. The Hall–Kier alpha value is -1.46. The molecule has 0 radical (unpaired) electrons. The predicted octanol–water partition coefficient (Wildman–Crippen LogP) is 2.87. The number of aliphatic hydroxyl groups excluding tert-OH is 1. The molecule has 4 nitrogen and oxygen atoms in total. The van der Waals surface area contributed by atoms with E-state index in [4.69, 9.17) is 4.74 Å². The van der Waals surface area contributed by atoms with Crippen LogP contribution in [0.1, 0.15) is 24.4 Å². The zero-order chi connectivity index (χ0) is 13.0. The number of aromatic nitrogens is 2. The van der Waals surface area contributed by atoms with Crippen molar-refractivity contribution in [1.29, 1.82) is 0 Å². The molecule has 0 aliphatic rings. The summed E-state index contributed by atoms with van der Waals surface area (Å²) in [5.74, 6) is 1.24. The van der Waals surface area contributed by atoms with Crippen molar-refractivity contribution in [3.05, 3.63) is 52.5 Å². The molecular weight excluding hydrogens is 296 g/mol. The molecule has 1 aromatic carbocycles. The SMILES string of the molecule is C[C@H](O)c1ccc(Br)cc1OCc1ncccn1. The number of halogens is 1. The highest BCUT2D eigenvalue weighted by Gasteiger charge is 2.10. The first-order valence-corrected chi connectivity index (χ1v) is 6.32. The Labute approximate surface area is 114 Å². The lowest BCUT2D eigenvalue weighted by molar-refractivity contribution is 0.189. The maximum atomic E-state index is 9.67. The quantitative estimate of drug-likeness (QED) is 0.943. The van der Waals surface area contributed by atoms with Gasteiger partial charge in [0.15, 0.2) is 5.82 Å². The number of hydrogen-bond donors (Lipinski definition) is 1. The van der Waals surface area contributed by atoms with Gasteiger partial charge >= 0.3 is 0 Å². The third kappa shape index (κ3) is 3.27. The van der Waals surface area contributed by atoms with Gasteiger partial charge in [0.2, 0.25) is 0 Å². The Kier molecular flexibility index (Phi) is 4.28. The van der Waals surface area contributed by atoms with E-state index >= 15 is 0 Å². The van der Waals surface area contributed by atoms with Gasteiger partial charge in [-0.1, -0.05) is 22.0 Å². The lowest BCUT2D eigenvalue weighted by Crippen LogP contribution is -2.03. The van der Waals surface area contributed by atoms with Crippen LogP contribution in [0.15, 0.2) is 41.1 Å². The Balaban J connectivity index is 2.15. The third-order valence-corrected chi connectivity index (χ3v) is 2.89. The molecule has 0 unspecified atom stereocenters. The van der Waals surface area contributed by atoms with Gasteiger partial charge in [0.05, 0.1) is 6.10 Å². The molecule has 0 spiro atoms.